The molecule has 0 aliphatic heterocycles. The Balaban J connectivity index is 1.35. The number of aromatic nitrogens is 3. The number of fused-ring (bicyclic) bond motifs is 9. The fourth-order valence-corrected chi connectivity index (χ4v) is 11.7. The van der Waals surface area contributed by atoms with Crippen LogP contribution in [0.25, 0.3) is 93.6 Å². The van der Waals surface area contributed by atoms with Gasteiger partial charge in [-0.25, -0.2) is 0 Å². The van der Waals surface area contributed by atoms with E-state index < -0.39 is 0 Å². The minimum atomic E-state index is -0.274. The number of nitrogens with zero attached hydrogens (tertiary/aromatic N) is 3. The third-order valence-corrected chi connectivity index (χ3v) is 16.0. The van der Waals surface area contributed by atoms with Gasteiger partial charge in [0, 0.05) is 66.3 Å². The molecule has 0 aliphatic rings. The van der Waals surface area contributed by atoms with Crippen LogP contribution in [0.2, 0.25) is 0 Å². The summed E-state index contributed by atoms with van der Waals surface area (Å²) in [6, 6.07) is 0. The molecule has 0 spiro atoms. The third kappa shape index (κ3) is 7.23. The van der Waals surface area contributed by atoms with Crippen molar-refractivity contribution in [3.8, 4) is 28.2 Å². The van der Waals surface area contributed by atoms with Crippen molar-refractivity contribution in [3.63, 3.8) is 0 Å². The van der Waals surface area contributed by atoms with Crippen molar-refractivity contribution in [3.05, 3.63) is 0 Å². The van der Waals surface area contributed by atoms with E-state index in [0.717, 1.165) is 0 Å². The Labute approximate surface area is 516 Å². The van der Waals surface area contributed by atoms with E-state index in [1.165, 1.54) is 13.7 Å². The van der Waals surface area contributed by atoms with Crippen LogP contribution in [-0.4, -0.2) is 257 Å². The maximum Gasteiger partial charge on any atom is 0.117 e. The summed E-state index contributed by atoms with van der Waals surface area (Å²) in [7, 11) is 211. The monoisotopic (exact) mass is 959 g/mol. The van der Waals surface area contributed by atoms with Gasteiger partial charge < -0.3 is 13.7 Å². The van der Waals surface area contributed by atoms with Gasteiger partial charge in [0.25, 0.3) is 0 Å². The van der Waals surface area contributed by atoms with Crippen LogP contribution in [0.3, 0.4) is 0 Å². The lowest BCUT2D eigenvalue weighted by atomic mass is 9.61. The van der Waals surface area contributed by atoms with E-state index in [1.807, 2.05) is 0 Å². The summed E-state index contributed by atoms with van der Waals surface area (Å²) in [5, 5.41) is 0.299. The topological polar surface area (TPSA) is 14.8 Å². The average molecular weight is 954 g/mol. The van der Waals surface area contributed by atoms with Crippen molar-refractivity contribution in [2.45, 2.75) is 0 Å². The molecule has 0 saturated heterocycles. The SMILES string of the molecule is [B]c1c([B])c([B])c(-n2c3c([B])c([B])c([B])c([B])c3c3c([B])c(-c4c([B])c([B])c5c(c4[B])c4c([B])c([B])c([B])c([B])c4n5-c4c([B])c([B])c5c(c4[B])c4c([B])c([B])c([B])c([B])c4n5-c4c([B])c([B])c([B])c([B])c4[B])c([B])c([B])c32)c([B])c1[B]. The van der Waals surface area contributed by atoms with Gasteiger partial charge in [0.1, 0.15) is 243 Å². The Morgan fingerprint density at radius 1 is 0.122 bits per heavy atom. The van der Waals surface area contributed by atoms with Crippen LogP contribution < -0.4 is 169 Å². The number of rotatable bonds is 4. The molecule has 0 bridgehead atoms. The lowest BCUT2D eigenvalue weighted by molar-refractivity contribution is 1.21. The van der Waals surface area contributed by atoms with Crippen LogP contribution in [-0.2, 0) is 0 Å². The highest BCUT2D eigenvalue weighted by Crippen LogP contribution is 2.33. The number of hydrogen-bond acceptors (Lipinski definition) is 0. The molecule has 3 heterocycles. The maximum absolute atomic E-state index is 7.45. The quantitative estimate of drug-likeness (QED) is 0.156. The van der Waals surface area contributed by atoms with Crippen molar-refractivity contribution < 1.29 is 0 Å². The molecular formula is C48B31N3. The van der Waals surface area contributed by atoms with E-state index in [1.54, 1.807) is 0 Å². The highest BCUT2D eigenvalue weighted by molar-refractivity contribution is 6.76. The predicted molar refractivity (Wildman–Crippen MR) is 382 cm³/mol. The van der Waals surface area contributed by atoms with Crippen molar-refractivity contribution >= 4 is 478 Å². The predicted octanol–water partition coefficient (Wildman–Crippen LogP) is -24.7. The van der Waals surface area contributed by atoms with E-state index >= 15 is 0 Å². The van der Waals surface area contributed by atoms with E-state index in [4.69, 9.17) is 243 Å². The minimum absolute atomic E-state index is 0.00578. The Morgan fingerprint density at radius 3 is 0.524 bits per heavy atom. The van der Waals surface area contributed by atoms with Gasteiger partial charge >= 0.3 is 0 Å². The van der Waals surface area contributed by atoms with Crippen LogP contribution in [0, 0.1) is 0 Å². The highest BCUT2D eigenvalue weighted by Gasteiger charge is 2.32. The second-order valence-electron chi connectivity index (χ2n) is 20.0. The summed E-state index contributed by atoms with van der Waals surface area (Å²) >= 11 is 0. The summed E-state index contributed by atoms with van der Waals surface area (Å²) in [5.74, 6) is 0. The zero-order chi connectivity index (χ0) is 60.4. The van der Waals surface area contributed by atoms with E-state index in [9.17, 15) is 0 Å². The molecule has 34 heteroatoms. The second-order valence-corrected chi connectivity index (χ2v) is 20.0. The van der Waals surface area contributed by atoms with Gasteiger partial charge in [-0.1, -0.05) is 104 Å². The van der Waals surface area contributed by atoms with E-state index in [0.29, 0.717) is 0 Å². The van der Waals surface area contributed by atoms with Crippen molar-refractivity contribution in [2.75, 3.05) is 0 Å². The van der Waals surface area contributed by atoms with Crippen LogP contribution >= 0.6 is 0 Å². The smallest absolute Gasteiger partial charge is 0.117 e. The molecule has 0 atom stereocenters. The van der Waals surface area contributed by atoms with Crippen molar-refractivity contribution in [1.82, 2.24) is 13.7 Å². The first kappa shape index (κ1) is 58.9. The number of benzene rings is 8. The lowest BCUT2D eigenvalue weighted by Crippen LogP contribution is -2.56. The molecule has 3 nitrogen and oxygen atoms in total. The van der Waals surface area contributed by atoms with Gasteiger partial charge in [0.15, 0.2) is 0 Å². The van der Waals surface area contributed by atoms with Gasteiger partial charge in [-0.2, -0.15) is 0 Å². The normalized spacial score (nSPS) is 12.0. The van der Waals surface area contributed by atoms with Crippen LogP contribution in [0.1, 0.15) is 0 Å². The van der Waals surface area contributed by atoms with Gasteiger partial charge in [0.2, 0.25) is 0 Å². The molecule has 0 unspecified atom stereocenters. The summed E-state index contributed by atoms with van der Waals surface area (Å²) in [4.78, 5) is 0. The van der Waals surface area contributed by atoms with E-state index in [2.05, 4.69) is 0 Å². The molecule has 82 heavy (non-hydrogen) atoms. The average Bonchev–Trinajstić information content (AvgIpc) is 1.79. The minimum Gasteiger partial charge on any atom is -0.312 e. The molecule has 0 saturated carbocycles. The first-order chi connectivity index (χ1) is 38.2. The first-order valence-electron chi connectivity index (χ1n) is 24.0. The second kappa shape index (κ2) is 19.6. The fourth-order valence-electron chi connectivity index (χ4n) is 11.7. The molecule has 62 radical (unpaired) electrons. The van der Waals surface area contributed by atoms with Gasteiger partial charge in [-0.3, -0.25) is 0 Å². The Bertz CT molecular complexity index is 4880. The van der Waals surface area contributed by atoms with Crippen LogP contribution in [0.15, 0.2) is 0 Å². The Kier molecular flexibility index (Phi) is 14.1. The lowest BCUT2D eigenvalue weighted by Gasteiger charge is -2.27. The zero-order valence-corrected chi connectivity index (χ0v) is 43.2. The van der Waals surface area contributed by atoms with Crippen LogP contribution in [0.5, 0.6) is 0 Å². The summed E-state index contributed by atoms with van der Waals surface area (Å²) in [5.41, 5.74) is -5.61. The summed E-state index contributed by atoms with van der Waals surface area (Å²) < 4.78 is 4.19. The molecule has 11 aromatic rings. The molecule has 0 aliphatic carbocycles. The molecule has 300 valence electrons. The van der Waals surface area contributed by atoms with E-state index in [-0.39, 0.29) is 263 Å². The van der Waals surface area contributed by atoms with Crippen LogP contribution in [0.4, 0.5) is 0 Å². The first-order valence-corrected chi connectivity index (χ1v) is 24.0. The molecule has 8 aromatic carbocycles. The molecule has 11 rings (SSSR count). The largest absolute Gasteiger partial charge is 0.312 e. The fraction of sp³-hybridized carbons (Fsp3) is 0. The maximum atomic E-state index is 7.45. The van der Waals surface area contributed by atoms with Gasteiger partial charge in [0.05, 0.1) is 0 Å². The third-order valence-electron chi connectivity index (χ3n) is 16.0. The summed E-state index contributed by atoms with van der Waals surface area (Å²) in [6.07, 6.45) is 0. The summed E-state index contributed by atoms with van der Waals surface area (Å²) in [6.45, 7) is 0. The molecule has 0 N–H and O–H groups in total. The highest BCUT2D eigenvalue weighted by atomic mass is 15.0. The number of hydrogen-bond donors (Lipinski definition) is 0. The van der Waals surface area contributed by atoms with Gasteiger partial charge in [-0.05, 0) is 27.3 Å². The Morgan fingerprint density at radius 2 is 0.268 bits per heavy atom. The standard InChI is InChI=1S/C48B31N3/c49-9-1(2-10(50)4-6-14(54)18(58)23(63)32(72)43(6)81(41(4)30(70)12(2)52)47-34(74)25(65)20(60)26(66)35(47)75)11(51)29(69)40-3(9)5-13(53)17(57)22(62)31(71)42(5)80(40)46-16(56)8-7-15(55)19(59)24(64)33(73)44(7)82(45(8)38(78)39(46)79)48-36(76)27(67)21(61)28(68)37(48)77. The molecule has 0 amide bonds. The van der Waals surface area contributed by atoms with Crippen molar-refractivity contribution in [2.24, 2.45) is 0 Å². The molecule has 0 fully saturated rings. The molecular weight excluding hydrogens is 954 g/mol. The Hall–Kier alpha value is -4.83. The zero-order valence-electron chi connectivity index (χ0n) is 43.2. The molecule has 3 aromatic heterocycles. The van der Waals surface area contributed by atoms with Crippen molar-refractivity contribution in [1.29, 1.82) is 0 Å². The van der Waals surface area contributed by atoms with Gasteiger partial charge in [-0.15, -0.1) is 65.6 Å².